The van der Waals surface area contributed by atoms with Crippen LogP contribution in [0.25, 0.3) is 11.3 Å². The van der Waals surface area contributed by atoms with Gasteiger partial charge in [-0.05, 0) is 18.4 Å². The first-order valence-electron chi connectivity index (χ1n) is 11.2. The molecular formula is C23H29F3N4O5. The lowest BCUT2D eigenvalue weighted by atomic mass is 10.00. The maximum absolute atomic E-state index is 11.8. The Morgan fingerprint density at radius 2 is 2.03 bits per heavy atom. The van der Waals surface area contributed by atoms with E-state index in [0.717, 1.165) is 42.8 Å². The van der Waals surface area contributed by atoms with Crippen LogP contribution in [0.3, 0.4) is 0 Å². The molecule has 0 radical (unpaired) electrons. The number of aliphatic carboxylic acids is 1. The van der Waals surface area contributed by atoms with Crippen LogP contribution < -0.4 is 5.32 Å². The molecule has 2 fully saturated rings. The minimum absolute atomic E-state index is 0.0865. The summed E-state index contributed by atoms with van der Waals surface area (Å²) in [5.41, 5.74) is 2.96. The quantitative estimate of drug-likeness (QED) is 0.580. The molecule has 2 aliphatic rings. The van der Waals surface area contributed by atoms with Crippen LogP contribution in [0, 0.1) is 0 Å². The van der Waals surface area contributed by atoms with E-state index in [1.807, 2.05) is 29.3 Å². The number of ether oxygens (including phenoxy) is 2. The van der Waals surface area contributed by atoms with Gasteiger partial charge in [0.05, 0.1) is 37.8 Å². The van der Waals surface area contributed by atoms with E-state index in [-0.39, 0.29) is 17.6 Å². The Morgan fingerprint density at radius 3 is 2.69 bits per heavy atom. The van der Waals surface area contributed by atoms with Crippen molar-refractivity contribution in [3.05, 3.63) is 42.1 Å². The van der Waals surface area contributed by atoms with Crippen LogP contribution in [0.15, 0.2) is 36.5 Å². The van der Waals surface area contributed by atoms with Gasteiger partial charge in [-0.1, -0.05) is 30.3 Å². The highest BCUT2D eigenvalue weighted by Gasteiger charge is 2.43. The number of carbonyl (C=O) groups excluding carboxylic acids is 1. The smallest absolute Gasteiger partial charge is 0.475 e. The lowest BCUT2D eigenvalue weighted by Crippen LogP contribution is -2.46. The van der Waals surface area contributed by atoms with E-state index < -0.39 is 12.1 Å². The first-order chi connectivity index (χ1) is 16.6. The van der Waals surface area contributed by atoms with Crippen molar-refractivity contribution in [3.63, 3.8) is 0 Å². The summed E-state index contributed by atoms with van der Waals surface area (Å²) in [6.07, 6.45) is -1.19. The number of nitrogens with one attached hydrogen (secondary N) is 2. The van der Waals surface area contributed by atoms with Gasteiger partial charge in [-0.25, -0.2) is 4.79 Å². The summed E-state index contributed by atoms with van der Waals surface area (Å²) < 4.78 is 43.9. The molecule has 0 saturated carbocycles. The van der Waals surface area contributed by atoms with Crippen molar-refractivity contribution in [1.29, 1.82) is 0 Å². The Bertz CT molecular complexity index is 985. The van der Waals surface area contributed by atoms with Crippen LogP contribution >= 0.6 is 0 Å². The number of nitrogens with zero attached hydrogens (tertiary/aromatic N) is 2. The summed E-state index contributed by atoms with van der Waals surface area (Å²) in [5.74, 6) is -2.67. The van der Waals surface area contributed by atoms with E-state index in [4.69, 9.17) is 19.4 Å². The summed E-state index contributed by atoms with van der Waals surface area (Å²) in [7, 11) is 0. The molecule has 1 spiro atoms. The van der Waals surface area contributed by atoms with Crippen molar-refractivity contribution < 1.29 is 37.3 Å². The molecule has 0 unspecified atom stereocenters. The Labute approximate surface area is 200 Å². The molecule has 0 bridgehead atoms. The number of amides is 1. The average molecular weight is 499 g/mol. The maximum Gasteiger partial charge on any atom is 0.490 e. The van der Waals surface area contributed by atoms with Gasteiger partial charge in [0.2, 0.25) is 5.91 Å². The number of halogens is 3. The molecule has 1 amide bonds. The summed E-state index contributed by atoms with van der Waals surface area (Å²) in [4.78, 5) is 22.6. The Balaban J connectivity index is 0.000000429. The second-order valence-electron chi connectivity index (χ2n) is 8.52. The third-order valence-electron chi connectivity index (χ3n) is 5.84. The minimum atomic E-state index is -5.08. The van der Waals surface area contributed by atoms with Crippen molar-refractivity contribution in [3.8, 4) is 11.3 Å². The molecule has 1 aromatic carbocycles. The zero-order chi connectivity index (χ0) is 25.5. The Morgan fingerprint density at radius 1 is 1.31 bits per heavy atom. The van der Waals surface area contributed by atoms with E-state index in [1.54, 1.807) is 6.92 Å². The van der Waals surface area contributed by atoms with E-state index in [2.05, 4.69) is 27.6 Å². The standard InChI is InChI=1S/C21H28N4O3.C2HF3O2/c1-16(26)25-9-10-27-15-21(14-25)8-7-19(28-21)13-22-11-18-12-23-24-20(18)17-5-3-2-4-6-17;3-2(4,5)1(6)7/h2-6,12,19,22H,7-11,13-15H2,1H3,(H,23,24);(H,6,7)/t19-,21+;/m1./s1. The van der Waals surface area contributed by atoms with Crippen molar-refractivity contribution in [2.24, 2.45) is 0 Å². The molecule has 2 atom stereocenters. The Kier molecular flexibility index (Phi) is 8.87. The largest absolute Gasteiger partial charge is 0.490 e. The molecule has 2 aliphatic heterocycles. The van der Waals surface area contributed by atoms with Crippen molar-refractivity contribution in [2.45, 2.75) is 44.2 Å². The fourth-order valence-corrected chi connectivity index (χ4v) is 4.10. The van der Waals surface area contributed by atoms with Crippen molar-refractivity contribution in [2.75, 3.05) is 32.8 Å². The van der Waals surface area contributed by atoms with E-state index in [1.165, 1.54) is 0 Å². The highest BCUT2D eigenvalue weighted by Crippen LogP contribution is 2.33. The van der Waals surface area contributed by atoms with E-state index >= 15 is 0 Å². The molecule has 4 rings (SSSR count). The number of carboxylic acid groups (broad SMARTS) is 1. The number of hydrogen-bond donors (Lipinski definition) is 3. The van der Waals surface area contributed by atoms with Crippen molar-refractivity contribution in [1.82, 2.24) is 20.4 Å². The highest BCUT2D eigenvalue weighted by molar-refractivity contribution is 5.73. The van der Waals surface area contributed by atoms with Gasteiger partial charge in [0.1, 0.15) is 5.60 Å². The molecule has 2 saturated heterocycles. The highest BCUT2D eigenvalue weighted by atomic mass is 19.4. The monoisotopic (exact) mass is 498 g/mol. The molecule has 0 aliphatic carbocycles. The number of rotatable bonds is 5. The summed E-state index contributed by atoms with van der Waals surface area (Å²) >= 11 is 0. The fraction of sp³-hybridized carbons (Fsp3) is 0.522. The van der Waals surface area contributed by atoms with Crippen LogP contribution in [0.2, 0.25) is 0 Å². The predicted molar refractivity (Wildman–Crippen MR) is 119 cm³/mol. The number of hydrogen-bond acceptors (Lipinski definition) is 6. The second kappa shape index (κ2) is 11.6. The predicted octanol–water partition coefficient (Wildman–Crippen LogP) is 2.60. The van der Waals surface area contributed by atoms with Crippen LogP contribution in [0.4, 0.5) is 13.2 Å². The molecule has 192 valence electrons. The summed E-state index contributed by atoms with van der Waals surface area (Å²) in [5, 5.41) is 17.9. The summed E-state index contributed by atoms with van der Waals surface area (Å²) in [6, 6.07) is 10.2. The van der Waals surface area contributed by atoms with Gasteiger partial charge in [-0.3, -0.25) is 9.89 Å². The topological polar surface area (TPSA) is 117 Å². The zero-order valence-electron chi connectivity index (χ0n) is 19.3. The number of aromatic nitrogens is 2. The molecule has 2 aromatic rings. The van der Waals surface area contributed by atoms with Crippen molar-refractivity contribution >= 4 is 11.9 Å². The second-order valence-corrected chi connectivity index (χ2v) is 8.52. The lowest BCUT2D eigenvalue weighted by Gasteiger charge is -2.31. The zero-order valence-corrected chi connectivity index (χ0v) is 19.3. The van der Waals surface area contributed by atoms with Gasteiger partial charge in [0.15, 0.2) is 0 Å². The molecular weight excluding hydrogens is 469 g/mol. The van der Waals surface area contributed by atoms with Crippen LogP contribution in [0.1, 0.15) is 25.3 Å². The molecule has 1 aromatic heterocycles. The first-order valence-corrected chi connectivity index (χ1v) is 11.2. The van der Waals surface area contributed by atoms with E-state index in [9.17, 15) is 18.0 Å². The third kappa shape index (κ3) is 7.51. The number of carboxylic acids is 1. The molecule has 35 heavy (non-hydrogen) atoms. The van der Waals surface area contributed by atoms with Gasteiger partial charge in [0, 0.05) is 32.1 Å². The minimum Gasteiger partial charge on any atom is -0.475 e. The van der Waals surface area contributed by atoms with Gasteiger partial charge >= 0.3 is 12.1 Å². The normalized spacial score (nSPS) is 22.4. The molecule has 3 N–H and O–H groups in total. The fourth-order valence-electron chi connectivity index (χ4n) is 4.10. The number of carbonyl (C=O) groups is 2. The van der Waals surface area contributed by atoms with Gasteiger partial charge in [0.25, 0.3) is 0 Å². The molecule has 3 heterocycles. The Hall–Kier alpha value is -2.96. The third-order valence-corrected chi connectivity index (χ3v) is 5.84. The number of benzene rings is 1. The van der Waals surface area contributed by atoms with Gasteiger partial charge in [-0.2, -0.15) is 18.3 Å². The number of alkyl halides is 3. The van der Waals surface area contributed by atoms with E-state index in [0.29, 0.717) is 26.3 Å². The molecule has 12 heteroatoms. The van der Waals surface area contributed by atoms with Crippen LogP contribution in [-0.2, 0) is 25.6 Å². The maximum atomic E-state index is 11.8. The first kappa shape index (κ1) is 26.6. The average Bonchev–Trinajstić information content (AvgIpc) is 3.37. The number of H-pyrrole nitrogens is 1. The van der Waals surface area contributed by atoms with Crippen LogP contribution in [0.5, 0.6) is 0 Å². The van der Waals surface area contributed by atoms with Gasteiger partial charge in [-0.15, -0.1) is 0 Å². The van der Waals surface area contributed by atoms with Gasteiger partial charge < -0.3 is 24.8 Å². The summed E-state index contributed by atoms with van der Waals surface area (Å²) in [6.45, 7) is 5.52. The molecule has 9 nitrogen and oxygen atoms in total. The lowest BCUT2D eigenvalue weighted by molar-refractivity contribution is -0.192. The number of aromatic amines is 1. The SMILES string of the molecule is CC(=O)N1CCOC[C@]2(CC[C@H](CNCc3cn[nH]c3-c3ccccc3)O2)C1.O=C(O)C(F)(F)F. The van der Waals surface area contributed by atoms with Crippen LogP contribution in [-0.4, -0.2) is 82.8 Å².